The molecule has 1 aromatic heterocycles. The Hall–Kier alpha value is -6.61. The van der Waals surface area contributed by atoms with Crippen molar-refractivity contribution in [1.82, 2.24) is 20.4 Å². The number of aliphatic carboxylic acids is 2. The van der Waals surface area contributed by atoms with Gasteiger partial charge in [0.1, 0.15) is 4.70 Å². The number of allylic oxidation sites excluding steroid dienone is 4. The molecule has 19 nitrogen and oxygen atoms in total. The van der Waals surface area contributed by atoms with E-state index in [9.17, 15) is 47.2 Å². The molecule has 3 aliphatic rings. The second-order valence-electron chi connectivity index (χ2n) is 19.0. The summed E-state index contributed by atoms with van der Waals surface area (Å²) < 4.78 is 42.3. The number of para-hydroxylation sites is 1. The predicted octanol–water partition coefficient (Wildman–Crippen LogP) is 7.89. The smallest absolute Gasteiger partial charge is 0.297 e. The van der Waals surface area contributed by atoms with Gasteiger partial charge in [-0.15, -0.1) is 24.9 Å². The van der Waals surface area contributed by atoms with E-state index in [0.717, 1.165) is 47.2 Å². The molecule has 5 aromatic rings. The Balaban J connectivity index is 0.000000287. The van der Waals surface area contributed by atoms with E-state index in [1.54, 1.807) is 82.6 Å². The fraction of sp³-hybridized carbons (Fsp3) is 0.305. The van der Waals surface area contributed by atoms with Crippen molar-refractivity contribution in [2.45, 2.75) is 70.6 Å². The molecule has 2 saturated heterocycles. The van der Waals surface area contributed by atoms with Gasteiger partial charge in [-0.1, -0.05) is 83.0 Å². The fourth-order valence-electron chi connectivity index (χ4n) is 8.81. The second kappa shape index (κ2) is 32.4. The zero-order valence-electron chi connectivity index (χ0n) is 47.4. The largest absolute Gasteiger partial charge is 0.748 e. The number of carbonyl (C=O) groups is 5. The molecule has 4 heterocycles. The zero-order valence-corrected chi connectivity index (χ0v) is 53.7. The lowest BCUT2D eigenvalue weighted by Gasteiger charge is -2.32. The van der Waals surface area contributed by atoms with E-state index in [0.29, 0.717) is 52.5 Å². The minimum atomic E-state index is -4.36. The van der Waals surface area contributed by atoms with Gasteiger partial charge in [0.25, 0.3) is 16.1 Å². The van der Waals surface area contributed by atoms with Gasteiger partial charge >= 0.3 is 0 Å². The number of rotatable bonds is 24. The SMILES string of the molecule is C=C.CCC(/C=C1\Sc2ccc(Cl)cc2N1CCCS(=O)(=O)[O-])=C\c1sc2ccc(Cl)cc2[n+]1CNC(=O)CCN(c1ccccc1)C(C)C(=O)[O-].CCN1C(=O)/C(=C/C=C2/SCCN2CC(=O)NCN(c2ccc(Cl)cc2)C(C)C(=O)[O-])OC1=S. The number of aromatic nitrogens is 1. The van der Waals surface area contributed by atoms with Crippen LogP contribution in [0.25, 0.3) is 16.3 Å². The molecular weight excluding hydrogens is 1260 g/mol. The molecule has 3 aliphatic heterocycles. The third-order valence-corrected chi connectivity index (χ3v) is 18.5. The number of likely N-dealkylation sites (N-methyl/N-ethyl adjacent to an activating group) is 1. The average Bonchev–Trinajstić information content (AvgIpc) is 2.81. The van der Waals surface area contributed by atoms with Gasteiger partial charge in [-0.05, 0) is 136 Å². The standard InChI is InChI=1S/C35H36Cl2N4O6S3.C22H25ClN4O5S2.C2H4/c1-3-24(18-33-40(15-7-17-50(45,46)47)28-20-25(36)10-12-30(28)48-33)19-34-41(29-21-26(37)11-13-31(29)49-34)22-38-32(42)14-16-39(23(2)35(43)44)27-8-5-4-6-9-27;1-3-26-20(29)17(32-22(26)33)8-9-19-25(10-11-34-19)12-18(28)24-13-27(14(2)21(30)31)16-6-4-15(23)5-7-16;1-2/h4-6,8-13,18-21,23H,3,7,14-17,22H2,1-2H3,(H2-,38,42,43,44,45,46,47);4-9,14H,3,10-13H2,1-2H3,(H,24,28)(H,30,31);1-2H2/p-2/b;17-8-,19-9+;. The summed E-state index contributed by atoms with van der Waals surface area (Å²) in [5.41, 5.74) is 3.93. The summed E-state index contributed by atoms with van der Waals surface area (Å²) in [4.78, 5) is 70.6. The maximum atomic E-state index is 13.2. The topological polar surface area (TPSA) is 242 Å². The Bertz CT molecular complexity index is 3530. The number of ether oxygens (including phenoxy) is 1. The molecule has 8 rings (SSSR count). The van der Waals surface area contributed by atoms with E-state index in [1.807, 2.05) is 88.9 Å². The lowest BCUT2D eigenvalue weighted by molar-refractivity contribution is -0.672. The number of benzene rings is 4. The van der Waals surface area contributed by atoms with Gasteiger partial charge in [0.15, 0.2) is 5.76 Å². The number of carboxylic acid groups (broad SMARTS) is 2. The first kappa shape index (κ1) is 68.5. The van der Waals surface area contributed by atoms with Crippen LogP contribution >= 0.6 is 81.9 Å². The lowest BCUT2D eigenvalue weighted by atomic mass is 10.2. The number of halogens is 3. The number of hydrogen-bond donors (Lipinski definition) is 2. The van der Waals surface area contributed by atoms with Crippen LogP contribution in [0.1, 0.15) is 52.0 Å². The molecule has 2 N–H and O–H groups in total. The third-order valence-electron chi connectivity index (χ3n) is 13.3. The molecular formula is C59H63Cl3N8O11S5-2. The molecule has 3 amide bonds. The van der Waals surface area contributed by atoms with Gasteiger partial charge < -0.3 is 59.3 Å². The number of carbonyl (C=O) groups excluding carboxylic acids is 5. The quantitative estimate of drug-likeness (QED) is 0.0149. The number of nitrogens with one attached hydrogen (secondary N) is 2. The molecule has 0 radical (unpaired) electrons. The molecule has 0 spiro atoms. The van der Waals surface area contributed by atoms with Crippen LogP contribution < -0.4 is 40.1 Å². The van der Waals surface area contributed by atoms with Gasteiger partial charge in [-0.25, -0.2) is 8.42 Å². The molecule has 0 saturated carbocycles. The highest BCUT2D eigenvalue weighted by Crippen LogP contribution is 2.47. The molecule has 0 bridgehead atoms. The van der Waals surface area contributed by atoms with Crippen molar-refractivity contribution < 1.29 is 56.5 Å². The Labute approximate surface area is 533 Å². The van der Waals surface area contributed by atoms with Gasteiger partial charge in [0, 0.05) is 87.6 Å². The Morgan fingerprint density at radius 3 is 2.15 bits per heavy atom. The first-order chi connectivity index (χ1) is 41.0. The van der Waals surface area contributed by atoms with Crippen molar-refractivity contribution in [3.8, 4) is 0 Å². The highest BCUT2D eigenvalue weighted by molar-refractivity contribution is 8.03. The first-order valence-electron chi connectivity index (χ1n) is 26.9. The van der Waals surface area contributed by atoms with Gasteiger partial charge in [-0.2, -0.15) is 4.57 Å². The van der Waals surface area contributed by atoms with Crippen LogP contribution in [0.2, 0.25) is 15.1 Å². The maximum absolute atomic E-state index is 13.2. The van der Waals surface area contributed by atoms with Crippen LogP contribution in [0.4, 0.5) is 17.1 Å². The van der Waals surface area contributed by atoms with Crippen molar-refractivity contribution >= 4 is 160 Å². The normalized spacial score (nSPS) is 16.1. The monoisotopic (exact) mass is 1320 g/mol. The number of fused-ring (bicyclic) bond motifs is 2. The van der Waals surface area contributed by atoms with Crippen molar-refractivity contribution in [2.75, 3.05) is 65.6 Å². The molecule has 2 atom stereocenters. The van der Waals surface area contributed by atoms with Crippen LogP contribution in [0.5, 0.6) is 0 Å². The van der Waals surface area contributed by atoms with Crippen LogP contribution in [0.3, 0.4) is 0 Å². The highest BCUT2D eigenvalue weighted by Gasteiger charge is 2.32. The summed E-state index contributed by atoms with van der Waals surface area (Å²) in [6.07, 6.45) is 8.27. The number of carboxylic acids is 2. The Kier molecular flexibility index (Phi) is 25.8. The van der Waals surface area contributed by atoms with E-state index >= 15 is 0 Å². The van der Waals surface area contributed by atoms with Crippen LogP contribution in [-0.4, -0.2) is 121 Å². The molecule has 27 heteroatoms. The average molecular weight is 1330 g/mol. The third kappa shape index (κ3) is 18.9. The minimum absolute atomic E-state index is 0.0215. The fourth-order valence-corrected chi connectivity index (χ4v) is 13.3. The van der Waals surface area contributed by atoms with E-state index < -0.39 is 39.9 Å². The molecule has 86 heavy (non-hydrogen) atoms. The summed E-state index contributed by atoms with van der Waals surface area (Å²) in [5, 5.41) is 33.2. The number of thioether (sulfide) groups is 2. The Morgan fingerprint density at radius 1 is 0.849 bits per heavy atom. The number of anilines is 3. The second-order valence-corrected chi connectivity index (χ2v) is 25.4. The van der Waals surface area contributed by atoms with Crippen molar-refractivity contribution in [3.05, 3.63) is 164 Å². The van der Waals surface area contributed by atoms with Crippen LogP contribution in [0.15, 0.2) is 149 Å². The molecule has 2 fully saturated rings. The molecule has 0 aliphatic carbocycles. The summed E-state index contributed by atoms with van der Waals surface area (Å²) in [7, 11) is -4.36. The summed E-state index contributed by atoms with van der Waals surface area (Å²) in [6.45, 7) is 14.6. The summed E-state index contributed by atoms with van der Waals surface area (Å²) in [6, 6.07) is 24.9. The van der Waals surface area contributed by atoms with Crippen molar-refractivity contribution in [3.63, 3.8) is 0 Å². The summed E-state index contributed by atoms with van der Waals surface area (Å²) >= 11 is 28.3. The van der Waals surface area contributed by atoms with E-state index in [-0.39, 0.29) is 67.9 Å². The number of hydrogen-bond acceptors (Lipinski definition) is 19. The van der Waals surface area contributed by atoms with Crippen LogP contribution in [-0.2, 0) is 45.5 Å². The van der Waals surface area contributed by atoms with Gasteiger partial charge in [-0.3, -0.25) is 19.3 Å². The van der Waals surface area contributed by atoms with E-state index in [1.165, 1.54) is 35.4 Å². The van der Waals surface area contributed by atoms with Crippen molar-refractivity contribution in [2.24, 2.45) is 0 Å². The molecule has 4 aromatic carbocycles. The zero-order chi connectivity index (χ0) is 62.8. The lowest BCUT2D eigenvalue weighted by Crippen LogP contribution is -2.51. The predicted molar refractivity (Wildman–Crippen MR) is 342 cm³/mol. The first-order valence-corrected chi connectivity index (χ1v) is 32.6. The number of nitrogens with zero attached hydrogens (tertiary/aromatic N) is 6. The summed E-state index contributed by atoms with van der Waals surface area (Å²) in [5.74, 6) is -2.86. The van der Waals surface area contributed by atoms with E-state index in [2.05, 4.69) is 23.8 Å². The highest BCUT2D eigenvalue weighted by atomic mass is 35.5. The van der Waals surface area contributed by atoms with E-state index in [4.69, 9.17) is 51.8 Å². The maximum Gasteiger partial charge on any atom is 0.297 e. The number of thiazole rings is 1. The van der Waals surface area contributed by atoms with Gasteiger partial charge in [0.2, 0.25) is 24.0 Å². The number of amides is 3. The molecule has 458 valence electrons. The van der Waals surface area contributed by atoms with Crippen molar-refractivity contribution in [1.29, 1.82) is 0 Å². The van der Waals surface area contributed by atoms with Gasteiger partial charge in [0.05, 0.1) is 63.1 Å². The number of thiocarbonyl (C=S) groups is 1. The molecule has 2 unspecified atom stereocenters. The Morgan fingerprint density at radius 2 is 1.50 bits per heavy atom. The van der Waals surface area contributed by atoms with Crippen LogP contribution in [0, 0.1) is 0 Å². The minimum Gasteiger partial charge on any atom is -0.748 e.